The number of aromatic nitrogens is 1. The van der Waals surface area contributed by atoms with Crippen molar-refractivity contribution in [3.63, 3.8) is 0 Å². The van der Waals surface area contributed by atoms with E-state index in [1.165, 1.54) is 18.4 Å². The van der Waals surface area contributed by atoms with Crippen molar-refractivity contribution in [1.29, 1.82) is 0 Å². The normalized spacial score (nSPS) is 21.7. The third kappa shape index (κ3) is 3.18. The Morgan fingerprint density at radius 2 is 1.82 bits per heavy atom. The van der Waals surface area contributed by atoms with Gasteiger partial charge in [-0.3, -0.25) is 4.79 Å². The lowest BCUT2D eigenvalue weighted by Crippen LogP contribution is -2.39. The number of amides is 1. The second-order valence-electron chi connectivity index (χ2n) is 8.12. The maximum atomic E-state index is 13.6. The molecular formula is C24H25N3O. The largest absolute Gasteiger partial charge is 0.337 e. The topological polar surface area (TPSA) is 45.2 Å². The third-order valence-electron chi connectivity index (χ3n) is 6.10. The Balaban J connectivity index is 1.57. The Hall–Kier alpha value is -2.72. The summed E-state index contributed by atoms with van der Waals surface area (Å²) in [7, 11) is 0. The number of nitrogens with zero attached hydrogens (tertiary/aromatic N) is 2. The van der Waals surface area contributed by atoms with Gasteiger partial charge < -0.3 is 10.2 Å². The second kappa shape index (κ2) is 7.02. The third-order valence-corrected chi connectivity index (χ3v) is 6.10. The highest BCUT2D eigenvalue weighted by Crippen LogP contribution is 2.28. The van der Waals surface area contributed by atoms with E-state index in [9.17, 15) is 4.79 Å². The summed E-state index contributed by atoms with van der Waals surface area (Å²) < 4.78 is 0. The van der Waals surface area contributed by atoms with Crippen LogP contribution in [0.15, 0.2) is 54.6 Å². The first-order chi connectivity index (χ1) is 13.7. The number of pyridine rings is 1. The quantitative estimate of drug-likeness (QED) is 0.735. The molecule has 0 spiro atoms. The van der Waals surface area contributed by atoms with Crippen molar-refractivity contribution in [1.82, 2.24) is 15.2 Å². The molecule has 2 aromatic carbocycles. The van der Waals surface area contributed by atoms with Gasteiger partial charge in [0, 0.05) is 36.1 Å². The smallest absolute Gasteiger partial charge is 0.254 e. The first kappa shape index (κ1) is 17.4. The Morgan fingerprint density at radius 1 is 1.04 bits per heavy atom. The molecule has 0 aliphatic carbocycles. The lowest BCUT2D eigenvalue weighted by Gasteiger charge is -2.25. The predicted molar refractivity (Wildman–Crippen MR) is 112 cm³/mol. The van der Waals surface area contributed by atoms with Crippen molar-refractivity contribution in [3.05, 3.63) is 65.7 Å². The zero-order valence-corrected chi connectivity index (χ0v) is 16.2. The van der Waals surface area contributed by atoms with Crippen molar-refractivity contribution in [2.75, 3.05) is 13.1 Å². The number of rotatable bonds is 2. The van der Waals surface area contributed by atoms with Crippen LogP contribution < -0.4 is 5.32 Å². The summed E-state index contributed by atoms with van der Waals surface area (Å²) in [6, 6.07) is 19.3. The average molecular weight is 371 g/mol. The summed E-state index contributed by atoms with van der Waals surface area (Å²) in [6.45, 7) is 3.70. The van der Waals surface area contributed by atoms with Gasteiger partial charge in [-0.15, -0.1) is 0 Å². The Kier molecular flexibility index (Phi) is 4.36. The molecule has 2 saturated heterocycles. The summed E-state index contributed by atoms with van der Waals surface area (Å²) in [5.41, 5.74) is 4.75. The van der Waals surface area contributed by atoms with E-state index in [1.807, 2.05) is 35.2 Å². The number of fused-ring (bicyclic) bond motifs is 3. The van der Waals surface area contributed by atoms with Gasteiger partial charge in [-0.05, 0) is 38.3 Å². The summed E-state index contributed by atoms with van der Waals surface area (Å²) in [5, 5.41) is 4.60. The van der Waals surface area contributed by atoms with E-state index in [0.717, 1.165) is 47.2 Å². The van der Waals surface area contributed by atoms with Crippen LogP contribution in [-0.2, 0) is 0 Å². The number of para-hydroxylation sites is 1. The van der Waals surface area contributed by atoms with E-state index in [-0.39, 0.29) is 5.91 Å². The molecule has 0 radical (unpaired) electrons. The summed E-state index contributed by atoms with van der Waals surface area (Å²) >= 11 is 0. The van der Waals surface area contributed by atoms with E-state index >= 15 is 0 Å². The van der Waals surface area contributed by atoms with Crippen LogP contribution in [0.4, 0.5) is 0 Å². The number of carbonyl (C=O) groups excluding carboxylic acids is 1. The Morgan fingerprint density at radius 3 is 2.68 bits per heavy atom. The zero-order valence-electron chi connectivity index (χ0n) is 16.2. The van der Waals surface area contributed by atoms with Gasteiger partial charge in [0.25, 0.3) is 5.91 Å². The van der Waals surface area contributed by atoms with Gasteiger partial charge in [0.2, 0.25) is 0 Å². The molecule has 2 bridgehead atoms. The molecule has 1 amide bonds. The molecular weight excluding hydrogens is 346 g/mol. The molecule has 3 heterocycles. The number of nitrogens with one attached hydrogen (secondary N) is 1. The lowest BCUT2D eigenvalue weighted by atomic mass is 10.0. The predicted octanol–water partition coefficient (Wildman–Crippen LogP) is 4.18. The molecule has 28 heavy (non-hydrogen) atoms. The van der Waals surface area contributed by atoms with E-state index < -0.39 is 0 Å². The number of benzene rings is 2. The summed E-state index contributed by atoms with van der Waals surface area (Å²) in [5.74, 6) is 0.126. The molecule has 4 heteroatoms. The van der Waals surface area contributed by atoms with Crippen LogP contribution in [0.1, 0.15) is 35.2 Å². The van der Waals surface area contributed by atoms with Crippen molar-refractivity contribution < 1.29 is 4.79 Å². The summed E-state index contributed by atoms with van der Waals surface area (Å²) in [6.07, 6.45) is 3.44. The minimum absolute atomic E-state index is 0.126. The van der Waals surface area contributed by atoms with Crippen molar-refractivity contribution in [2.45, 2.75) is 38.3 Å². The first-order valence-corrected chi connectivity index (χ1v) is 10.2. The zero-order chi connectivity index (χ0) is 19.1. The fraction of sp³-hybridized carbons (Fsp3) is 0.333. The maximum Gasteiger partial charge on any atom is 0.254 e. The molecule has 2 fully saturated rings. The number of carbonyl (C=O) groups is 1. The highest BCUT2D eigenvalue weighted by atomic mass is 16.2. The lowest BCUT2D eigenvalue weighted by molar-refractivity contribution is 0.0750. The molecule has 1 aromatic heterocycles. The minimum Gasteiger partial charge on any atom is -0.337 e. The van der Waals surface area contributed by atoms with Crippen molar-refractivity contribution in [2.24, 2.45) is 0 Å². The molecule has 2 atom stereocenters. The van der Waals surface area contributed by atoms with Crippen molar-refractivity contribution in [3.8, 4) is 11.3 Å². The highest BCUT2D eigenvalue weighted by molar-refractivity contribution is 6.07. The number of hydrogen-bond acceptors (Lipinski definition) is 3. The van der Waals surface area contributed by atoms with E-state index in [1.54, 1.807) is 0 Å². The molecule has 142 valence electrons. The standard InChI is InChI=1S/C24H25N3O/c1-16-6-8-17(9-7-16)23-14-21(20-4-2-3-5-22(20)26-23)24(28)27-13-12-18-10-11-19(15-27)25-18/h2-9,14,18-19,25H,10-13,15H2,1H3. The van der Waals surface area contributed by atoms with E-state index in [4.69, 9.17) is 4.98 Å². The molecule has 2 aliphatic heterocycles. The fourth-order valence-corrected chi connectivity index (χ4v) is 4.52. The van der Waals surface area contributed by atoms with Gasteiger partial charge in [0.05, 0.1) is 16.8 Å². The maximum absolute atomic E-state index is 13.6. The van der Waals surface area contributed by atoms with Crippen LogP contribution in [0.2, 0.25) is 0 Å². The monoisotopic (exact) mass is 371 g/mol. The second-order valence-corrected chi connectivity index (χ2v) is 8.12. The molecule has 5 rings (SSSR count). The molecule has 3 aromatic rings. The van der Waals surface area contributed by atoms with Crippen molar-refractivity contribution >= 4 is 16.8 Å². The Bertz CT molecular complexity index is 1030. The van der Waals surface area contributed by atoms with E-state index in [2.05, 4.69) is 36.5 Å². The van der Waals surface area contributed by atoms with Crippen LogP contribution in [-0.4, -0.2) is 41.0 Å². The van der Waals surface area contributed by atoms with Crippen LogP contribution in [0.3, 0.4) is 0 Å². The van der Waals surface area contributed by atoms with Crippen LogP contribution in [0.5, 0.6) is 0 Å². The molecule has 2 unspecified atom stereocenters. The average Bonchev–Trinajstić information content (AvgIpc) is 3.06. The molecule has 1 N–H and O–H groups in total. The summed E-state index contributed by atoms with van der Waals surface area (Å²) in [4.78, 5) is 20.4. The van der Waals surface area contributed by atoms with Gasteiger partial charge in [0.1, 0.15) is 0 Å². The number of likely N-dealkylation sites (tertiary alicyclic amines) is 1. The van der Waals surface area contributed by atoms with Gasteiger partial charge in [-0.1, -0.05) is 48.0 Å². The number of aryl methyl sites for hydroxylation is 1. The van der Waals surface area contributed by atoms with Crippen LogP contribution in [0, 0.1) is 6.92 Å². The van der Waals surface area contributed by atoms with Gasteiger partial charge in [-0.2, -0.15) is 0 Å². The first-order valence-electron chi connectivity index (χ1n) is 10.2. The molecule has 4 nitrogen and oxygen atoms in total. The number of hydrogen-bond donors (Lipinski definition) is 1. The SMILES string of the molecule is Cc1ccc(-c2cc(C(=O)N3CCC4CCC(C3)N4)c3ccccc3n2)cc1. The van der Waals surface area contributed by atoms with E-state index in [0.29, 0.717) is 12.1 Å². The Labute approximate surface area is 165 Å². The van der Waals surface area contributed by atoms with Gasteiger partial charge >= 0.3 is 0 Å². The van der Waals surface area contributed by atoms with Crippen LogP contribution >= 0.6 is 0 Å². The minimum atomic E-state index is 0.126. The van der Waals surface area contributed by atoms with Gasteiger partial charge in [-0.25, -0.2) is 4.98 Å². The van der Waals surface area contributed by atoms with Crippen LogP contribution in [0.25, 0.3) is 22.2 Å². The molecule has 2 aliphatic rings. The molecule has 0 saturated carbocycles. The fourth-order valence-electron chi connectivity index (χ4n) is 4.52. The van der Waals surface area contributed by atoms with Gasteiger partial charge in [0.15, 0.2) is 0 Å². The highest BCUT2D eigenvalue weighted by Gasteiger charge is 2.32.